The summed E-state index contributed by atoms with van der Waals surface area (Å²) in [6.45, 7) is 4.57. The maximum Gasteiger partial charge on any atom is 0.123 e. The number of aliphatic hydroxyl groups is 1. The number of rotatable bonds is 7. The number of hydrogen-bond donors (Lipinski definition) is 1. The summed E-state index contributed by atoms with van der Waals surface area (Å²) in [5, 5.41) is 10.1. The zero-order valence-corrected chi connectivity index (χ0v) is 15.9. The lowest BCUT2D eigenvalue weighted by Crippen LogP contribution is -2.47. The van der Waals surface area contributed by atoms with Crippen molar-refractivity contribution in [2.45, 2.75) is 12.5 Å². The molecule has 0 amide bonds. The first kappa shape index (κ1) is 21.4. The highest BCUT2D eigenvalue weighted by molar-refractivity contribution is 5.85. The molecule has 1 N–H and O–H groups in total. The standard InChI is InChI=1S/C20H24F2N2O2.ClH/c21-16-1-5-18(6-2-16)24-13-11-23(12-14-24)10-9-19(25)15-26-20-7-3-17(22)4-8-20;/h1-8,19,25H,9-15H2;1H. The smallest absolute Gasteiger partial charge is 0.123 e. The molecule has 1 aliphatic heterocycles. The minimum atomic E-state index is -0.560. The van der Waals surface area contributed by atoms with Crippen LogP contribution in [0.2, 0.25) is 0 Å². The van der Waals surface area contributed by atoms with Gasteiger partial charge in [-0.3, -0.25) is 4.90 Å². The molecule has 2 aromatic rings. The van der Waals surface area contributed by atoms with Crippen LogP contribution in [0.4, 0.5) is 14.5 Å². The molecule has 0 aliphatic carbocycles. The van der Waals surface area contributed by atoms with Crippen LogP contribution in [0.15, 0.2) is 48.5 Å². The van der Waals surface area contributed by atoms with E-state index in [-0.39, 0.29) is 30.6 Å². The quantitative estimate of drug-likeness (QED) is 0.776. The Labute approximate surface area is 164 Å². The molecule has 1 unspecified atom stereocenters. The van der Waals surface area contributed by atoms with Crippen LogP contribution in [0.25, 0.3) is 0 Å². The van der Waals surface area contributed by atoms with E-state index in [1.165, 1.54) is 24.3 Å². The molecular weight excluding hydrogens is 374 g/mol. The van der Waals surface area contributed by atoms with Crippen LogP contribution >= 0.6 is 12.4 Å². The summed E-state index contributed by atoms with van der Waals surface area (Å²) in [7, 11) is 0. The van der Waals surface area contributed by atoms with Crippen molar-refractivity contribution in [3.05, 3.63) is 60.2 Å². The second kappa shape index (κ2) is 10.4. The Hall–Kier alpha value is -1.89. The van der Waals surface area contributed by atoms with Crippen molar-refractivity contribution in [2.24, 2.45) is 0 Å². The summed E-state index contributed by atoms with van der Waals surface area (Å²) in [5.74, 6) is 0.0280. The van der Waals surface area contributed by atoms with Gasteiger partial charge in [-0.15, -0.1) is 12.4 Å². The van der Waals surface area contributed by atoms with Gasteiger partial charge < -0.3 is 14.7 Å². The van der Waals surface area contributed by atoms with E-state index in [0.29, 0.717) is 12.2 Å². The summed E-state index contributed by atoms with van der Waals surface area (Å²) in [6, 6.07) is 12.4. The third-order valence-electron chi connectivity index (χ3n) is 4.60. The molecule has 1 atom stereocenters. The molecule has 1 fully saturated rings. The Morgan fingerprint density at radius 1 is 0.889 bits per heavy atom. The van der Waals surface area contributed by atoms with Crippen molar-refractivity contribution < 1.29 is 18.6 Å². The van der Waals surface area contributed by atoms with Gasteiger partial charge in [0.15, 0.2) is 0 Å². The van der Waals surface area contributed by atoms with Crippen molar-refractivity contribution in [3.8, 4) is 5.75 Å². The Bertz CT molecular complexity index is 677. The van der Waals surface area contributed by atoms with E-state index in [2.05, 4.69) is 9.80 Å². The van der Waals surface area contributed by atoms with Gasteiger partial charge in [0.25, 0.3) is 0 Å². The highest BCUT2D eigenvalue weighted by Gasteiger charge is 2.18. The van der Waals surface area contributed by atoms with E-state index >= 15 is 0 Å². The molecular formula is C20H25ClF2N2O2. The lowest BCUT2D eigenvalue weighted by Gasteiger charge is -2.36. The fraction of sp³-hybridized carbons (Fsp3) is 0.400. The first-order chi connectivity index (χ1) is 12.6. The summed E-state index contributed by atoms with van der Waals surface area (Å²) >= 11 is 0. The van der Waals surface area contributed by atoms with Gasteiger partial charge in [-0.2, -0.15) is 0 Å². The predicted octanol–water partition coefficient (Wildman–Crippen LogP) is 3.34. The lowest BCUT2D eigenvalue weighted by atomic mass is 10.2. The van der Waals surface area contributed by atoms with Crippen molar-refractivity contribution in [3.63, 3.8) is 0 Å². The Kier molecular flexibility index (Phi) is 8.28. The van der Waals surface area contributed by atoms with E-state index in [1.54, 1.807) is 12.1 Å². The van der Waals surface area contributed by atoms with Crippen molar-refractivity contribution >= 4 is 18.1 Å². The minimum Gasteiger partial charge on any atom is -0.491 e. The summed E-state index contributed by atoms with van der Waals surface area (Å²) in [4.78, 5) is 4.55. The van der Waals surface area contributed by atoms with Crippen molar-refractivity contribution in [2.75, 3.05) is 44.2 Å². The maximum atomic E-state index is 13.0. The number of aliphatic hydroxyl groups excluding tert-OH is 1. The fourth-order valence-corrected chi connectivity index (χ4v) is 3.02. The molecule has 27 heavy (non-hydrogen) atoms. The topological polar surface area (TPSA) is 35.9 Å². The first-order valence-electron chi connectivity index (χ1n) is 8.89. The summed E-state index contributed by atoms with van der Waals surface area (Å²) in [5.41, 5.74) is 1.04. The molecule has 1 saturated heterocycles. The van der Waals surface area contributed by atoms with Gasteiger partial charge in [-0.25, -0.2) is 8.78 Å². The third-order valence-corrected chi connectivity index (χ3v) is 4.60. The monoisotopic (exact) mass is 398 g/mol. The normalized spacial score (nSPS) is 15.9. The molecule has 7 heteroatoms. The summed E-state index contributed by atoms with van der Waals surface area (Å²) in [6.07, 6.45) is 0.0627. The molecule has 0 bridgehead atoms. The average Bonchev–Trinajstić information content (AvgIpc) is 2.67. The predicted molar refractivity (Wildman–Crippen MR) is 105 cm³/mol. The van der Waals surface area contributed by atoms with Crippen molar-refractivity contribution in [1.29, 1.82) is 0 Å². The average molecular weight is 399 g/mol. The molecule has 1 aliphatic rings. The molecule has 0 aromatic heterocycles. The highest BCUT2D eigenvalue weighted by atomic mass is 35.5. The van der Waals surface area contributed by atoms with Gasteiger partial charge in [0.1, 0.15) is 24.0 Å². The number of benzene rings is 2. The van der Waals surface area contributed by atoms with E-state index in [1.807, 2.05) is 12.1 Å². The van der Waals surface area contributed by atoms with Crippen LogP contribution in [0.5, 0.6) is 5.75 Å². The number of ether oxygens (including phenoxy) is 1. The van der Waals surface area contributed by atoms with Gasteiger partial charge in [0, 0.05) is 38.4 Å². The first-order valence-corrected chi connectivity index (χ1v) is 8.89. The number of hydrogen-bond acceptors (Lipinski definition) is 4. The SMILES string of the molecule is Cl.OC(CCN1CCN(c2ccc(F)cc2)CC1)COc1ccc(F)cc1. The molecule has 1 heterocycles. The van der Waals surface area contributed by atoms with Gasteiger partial charge in [0.2, 0.25) is 0 Å². The van der Waals surface area contributed by atoms with Crippen LogP contribution in [0.3, 0.4) is 0 Å². The fourth-order valence-electron chi connectivity index (χ4n) is 3.02. The molecule has 3 rings (SSSR count). The zero-order valence-electron chi connectivity index (χ0n) is 15.1. The Morgan fingerprint density at radius 3 is 2.04 bits per heavy atom. The Balaban J connectivity index is 0.00000261. The second-order valence-electron chi connectivity index (χ2n) is 6.51. The van der Waals surface area contributed by atoms with Crippen molar-refractivity contribution in [1.82, 2.24) is 4.90 Å². The summed E-state index contributed by atoms with van der Waals surface area (Å²) < 4.78 is 31.3. The van der Waals surface area contributed by atoms with Crippen LogP contribution < -0.4 is 9.64 Å². The van der Waals surface area contributed by atoms with Crippen LogP contribution in [-0.4, -0.2) is 55.4 Å². The van der Waals surface area contributed by atoms with Gasteiger partial charge >= 0.3 is 0 Å². The van der Waals surface area contributed by atoms with E-state index in [0.717, 1.165) is 38.4 Å². The Morgan fingerprint density at radius 2 is 1.44 bits per heavy atom. The molecule has 0 spiro atoms. The second-order valence-corrected chi connectivity index (χ2v) is 6.51. The largest absolute Gasteiger partial charge is 0.491 e. The molecule has 0 saturated carbocycles. The minimum absolute atomic E-state index is 0. The molecule has 148 valence electrons. The number of piperazine rings is 1. The molecule has 2 aromatic carbocycles. The van der Waals surface area contributed by atoms with Gasteiger partial charge in [-0.05, 0) is 55.0 Å². The molecule has 0 radical (unpaired) electrons. The van der Waals surface area contributed by atoms with Crippen LogP contribution in [0.1, 0.15) is 6.42 Å². The zero-order chi connectivity index (χ0) is 18.4. The third kappa shape index (κ3) is 6.65. The molecule has 4 nitrogen and oxygen atoms in total. The van der Waals surface area contributed by atoms with Gasteiger partial charge in [-0.1, -0.05) is 0 Å². The van der Waals surface area contributed by atoms with E-state index < -0.39 is 6.10 Å². The highest BCUT2D eigenvalue weighted by Crippen LogP contribution is 2.17. The van der Waals surface area contributed by atoms with Crippen LogP contribution in [-0.2, 0) is 0 Å². The van der Waals surface area contributed by atoms with Gasteiger partial charge in [0.05, 0.1) is 6.10 Å². The maximum absolute atomic E-state index is 13.0. The lowest BCUT2D eigenvalue weighted by molar-refractivity contribution is 0.0866. The number of halogens is 3. The van der Waals surface area contributed by atoms with E-state index in [9.17, 15) is 13.9 Å². The number of nitrogens with zero attached hydrogens (tertiary/aromatic N) is 2. The number of anilines is 1. The van der Waals surface area contributed by atoms with E-state index in [4.69, 9.17) is 4.74 Å². The van der Waals surface area contributed by atoms with Crippen LogP contribution in [0, 0.1) is 11.6 Å².